The fraction of sp³-hybridized carbons (Fsp3) is 0.0435. The Morgan fingerprint density at radius 3 is 2.39 bits per heavy atom. The van der Waals surface area contributed by atoms with Gasteiger partial charge in [0.1, 0.15) is 11.5 Å². The van der Waals surface area contributed by atoms with E-state index in [4.69, 9.17) is 14.3 Å². The highest BCUT2D eigenvalue weighted by molar-refractivity contribution is 6.17. The van der Waals surface area contributed by atoms with E-state index in [1.54, 1.807) is 31.4 Å². The molecule has 0 saturated heterocycles. The van der Waals surface area contributed by atoms with Gasteiger partial charge in [-0.25, -0.2) is 4.79 Å². The number of oxime groups is 1. The van der Waals surface area contributed by atoms with Gasteiger partial charge in [0.2, 0.25) is 0 Å². The number of carbonyl (C=O) groups excluding carboxylic acids is 1. The molecule has 0 radical (unpaired) electrons. The van der Waals surface area contributed by atoms with Gasteiger partial charge in [-0.3, -0.25) is 0 Å². The van der Waals surface area contributed by atoms with E-state index in [2.05, 4.69) is 5.16 Å². The summed E-state index contributed by atoms with van der Waals surface area (Å²) in [6.45, 7) is 0. The average molecular weight is 371 g/mol. The Morgan fingerprint density at radius 2 is 1.64 bits per heavy atom. The normalized spacial score (nSPS) is 15.2. The predicted octanol–water partition coefficient (Wildman–Crippen LogP) is 4.69. The van der Waals surface area contributed by atoms with Crippen molar-refractivity contribution in [2.75, 3.05) is 7.11 Å². The first-order valence-corrected chi connectivity index (χ1v) is 8.72. The van der Waals surface area contributed by atoms with Crippen LogP contribution in [0.4, 0.5) is 0 Å². The molecule has 0 N–H and O–H groups in total. The molecular formula is C23H17NO4. The number of benzene rings is 3. The van der Waals surface area contributed by atoms with Crippen molar-refractivity contribution in [1.82, 2.24) is 0 Å². The van der Waals surface area contributed by atoms with Crippen molar-refractivity contribution >= 4 is 17.8 Å². The zero-order valence-corrected chi connectivity index (χ0v) is 15.2. The Balaban J connectivity index is 1.66. The minimum Gasteiger partial charge on any atom is -0.497 e. The van der Waals surface area contributed by atoms with Crippen molar-refractivity contribution in [1.29, 1.82) is 0 Å². The molecule has 5 nitrogen and oxygen atoms in total. The van der Waals surface area contributed by atoms with Crippen molar-refractivity contribution in [2.24, 2.45) is 5.16 Å². The largest absolute Gasteiger partial charge is 0.497 e. The van der Waals surface area contributed by atoms with E-state index in [9.17, 15) is 4.79 Å². The number of methoxy groups -OCH3 is 1. The van der Waals surface area contributed by atoms with Gasteiger partial charge in [0.25, 0.3) is 0 Å². The molecule has 3 aromatic carbocycles. The zero-order valence-electron chi connectivity index (χ0n) is 15.2. The van der Waals surface area contributed by atoms with Gasteiger partial charge < -0.3 is 14.3 Å². The molecule has 138 valence electrons. The number of nitrogens with zero attached hydrogens (tertiary/aromatic N) is 1. The van der Waals surface area contributed by atoms with E-state index in [0.717, 1.165) is 16.9 Å². The maximum Gasteiger partial charge on any atom is 0.365 e. The highest BCUT2D eigenvalue weighted by Crippen LogP contribution is 2.32. The molecule has 0 atom stereocenters. The molecule has 0 unspecified atom stereocenters. The maximum atomic E-state index is 12.2. The van der Waals surface area contributed by atoms with Crippen molar-refractivity contribution in [3.63, 3.8) is 0 Å². The third-order valence-electron chi connectivity index (χ3n) is 4.24. The molecular weight excluding hydrogens is 354 g/mol. The highest BCUT2D eigenvalue weighted by atomic mass is 16.7. The molecule has 4 rings (SSSR count). The molecule has 1 aliphatic heterocycles. The van der Waals surface area contributed by atoms with Crippen LogP contribution in [0.1, 0.15) is 21.5 Å². The average Bonchev–Trinajstić information content (AvgIpc) is 3.10. The smallest absolute Gasteiger partial charge is 0.365 e. The molecule has 0 spiro atoms. The lowest BCUT2D eigenvalue weighted by Crippen LogP contribution is -2.06. The van der Waals surface area contributed by atoms with Crippen LogP contribution in [0.15, 0.2) is 89.8 Å². The number of hydrogen-bond donors (Lipinski definition) is 0. The minimum absolute atomic E-state index is 0.430. The lowest BCUT2D eigenvalue weighted by atomic mass is 10.1. The molecule has 1 heterocycles. The van der Waals surface area contributed by atoms with E-state index in [0.29, 0.717) is 22.8 Å². The summed E-state index contributed by atoms with van der Waals surface area (Å²) < 4.78 is 11.1. The lowest BCUT2D eigenvalue weighted by molar-refractivity contribution is 0.0516. The minimum atomic E-state index is -0.527. The fourth-order valence-electron chi connectivity index (χ4n) is 2.81. The molecule has 3 aromatic rings. The van der Waals surface area contributed by atoms with E-state index in [1.165, 1.54) is 0 Å². The fourth-order valence-corrected chi connectivity index (χ4v) is 2.81. The molecule has 0 fully saturated rings. The number of carbonyl (C=O) groups is 1. The lowest BCUT2D eigenvalue weighted by Gasteiger charge is -2.03. The summed E-state index contributed by atoms with van der Waals surface area (Å²) in [6, 6.07) is 23.7. The van der Waals surface area contributed by atoms with E-state index in [1.807, 2.05) is 60.7 Å². The third kappa shape index (κ3) is 3.64. The number of hydrogen-bond acceptors (Lipinski definition) is 5. The van der Waals surface area contributed by atoms with Gasteiger partial charge in [-0.2, -0.15) is 0 Å². The van der Waals surface area contributed by atoms with Crippen LogP contribution in [-0.2, 0) is 4.84 Å². The van der Waals surface area contributed by atoms with E-state index >= 15 is 0 Å². The number of fused-ring (bicyclic) bond motifs is 1. The van der Waals surface area contributed by atoms with Crippen molar-refractivity contribution in [3.8, 4) is 11.5 Å². The Hall–Kier alpha value is -3.86. The van der Waals surface area contributed by atoms with Crippen LogP contribution in [0, 0.1) is 0 Å². The van der Waals surface area contributed by atoms with Gasteiger partial charge in [-0.05, 0) is 48.0 Å². The molecule has 0 amide bonds. The summed E-state index contributed by atoms with van der Waals surface area (Å²) in [5, 5.41) is 4.10. The second-order valence-corrected chi connectivity index (χ2v) is 6.06. The summed E-state index contributed by atoms with van der Waals surface area (Å²) in [4.78, 5) is 17.4. The summed E-state index contributed by atoms with van der Waals surface area (Å²) in [5.74, 6) is 1.41. The third-order valence-corrected chi connectivity index (χ3v) is 4.24. The summed E-state index contributed by atoms with van der Waals surface area (Å²) >= 11 is 0. The van der Waals surface area contributed by atoms with Gasteiger partial charge in [0.05, 0.1) is 18.2 Å². The second-order valence-electron chi connectivity index (χ2n) is 6.06. The van der Waals surface area contributed by atoms with Gasteiger partial charge >= 0.3 is 5.97 Å². The molecule has 0 aliphatic carbocycles. The summed E-state index contributed by atoms with van der Waals surface area (Å²) in [6.07, 6.45) is 1.84. The molecule has 5 heteroatoms. The number of ether oxygens (including phenoxy) is 2. The van der Waals surface area contributed by atoms with Crippen LogP contribution in [0.2, 0.25) is 0 Å². The standard InChI is InChI=1S/C23H17NO4/c1-26-18-13-11-16(12-14-18)15-21-22(19-9-5-6-10-20(19)27-21)24-28-23(25)17-7-3-2-4-8-17/h2-15H,1H3/b21-15+,24-22+. The summed E-state index contributed by atoms with van der Waals surface area (Å²) in [5.41, 5.74) is 2.57. The van der Waals surface area contributed by atoms with Crippen molar-refractivity contribution in [3.05, 3.63) is 101 Å². The first-order chi connectivity index (χ1) is 13.7. The van der Waals surface area contributed by atoms with Gasteiger partial charge in [-0.1, -0.05) is 47.6 Å². The van der Waals surface area contributed by atoms with E-state index < -0.39 is 5.97 Å². The van der Waals surface area contributed by atoms with Crippen LogP contribution < -0.4 is 9.47 Å². The Labute approximate surface area is 162 Å². The number of para-hydroxylation sites is 1. The zero-order chi connectivity index (χ0) is 19.3. The Morgan fingerprint density at radius 1 is 0.929 bits per heavy atom. The quantitative estimate of drug-likeness (QED) is 0.493. The molecule has 0 saturated carbocycles. The molecule has 0 bridgehead atoms. The monoisotopic (exact) mass is 371 g/mol. The SMILES string of the molecule is COc1ccc(/C=C2/Oc3ccccc3/C2=N\OC(=O)c2ccccc2)cc1. The number of rotatable bonds is 4. The van der Waals surface area contributed by atoms with E-state index in [-0.39, 0.29) is 0 Å². The summed E-state index contributed by atoms with van der Waals surface area (Å²) in [7, 11) is 1.62. The molecule has 0 aromatic heterocycles. The molecule has 28 heavy (non-hydrogen) atoms. The maximum absolute atomic E-state index is 12.2. The van der Waals surface area contributed by atoms with Crippen LogP contribution in [-0.4, -0.2) is 18.8 Å². The molecule has 1 aliphatic rings. The Kier molecular flexibility index (Phi) is 4.89. The Bertz CT molecular complexity index is 1050. The van der Waals surface area contributed by atoms with Crippen molar-refractivity contribution < 1.29 is 19.1 Å². The van der Waals surface area contributed by atoms with Crippen LogP contribution in [0.5, 0.6) is 11.5 Å². The predicted molar refractivity (Wildman–Crippen MR) is 106 cm³/mol. The topological polar surface area (TPSA) is 57.1 Å². The van der Waals surface area contributed by atoms with Gasteiger partial charge in [0, 0.05) is 0 Å². The van der Waals surface area contributed by atoms with Crippen molar-refractivity contribution in [2.45, 2.75) is 0 Å². The van der Waals surface area contributed by atoms with Crippen LogP contribution in [0.25, 0.3) is 6.08 Å². The number of allylic oxidation sites excluding steroid dienone is 1. The highest BCUT2D eigenvalue weighted by Gasteiger charge is 2.26. The van der Waals surface area contributed by atoms with Gasteiger partial charge in [-0.15, -0.1) is 0 Å². The second kappa shape index (κ2) is 7.80. The first kappa shape index (κ1) is 17.5. The van der Waals surface area contributed by atoms with Gasteiger partial charge in [0.15, 0.2) is 11.5 Å². The van der Waals surface area contributed by atoms with Crippen LogP contribution in [0.3, 0.4) is 0 Å². The first-order valence-electron chi connectivity index (χ1n) is 8.72. The van der Waals surface area contributed by atoms with Crippen LogP contribution >= 0.6 is 0 Å².